The van der Waals surface area contributed by atoms with E-state index in [1.165, 1.54) is 0 Å². The number of pyridine rings is 1. The van der Waals surface area contributed by atoms with Crippen molar-refractivity contribution in [3.8, 4) is 5.75 Å². The Hall–Kier alpha value is -2.31. The van der Waals surface area contributed by atoms with Crippen LogP contribution < -0.4 is 15.4 Å². The summed E-state index contributed by atoms with van der Waals surface area (Å²) < 4.78 is 10.6. The van der Waals surface area contributed by atoms with Crippen molar-refractivity contribution in [3.63, 3.8) is 0 Å². The van der Waals surface area contributed by atoms with Gasteiger partial charge in [-0.3, -0.25) is 4.79 Å². The van der Waals surface area contributed by atoms with Crippen molar-refractivity contribution >= 4 is 17.8 Å². The maximum Gasteiger partial charge on any atom is 0.408 e. The summed E-state index contributed by atoms with van der Waals surface area (Å²) in [5.41, 5.74) is -0.628. The first-order valence-corrected chi connectivity index (χ1v) is 6.23. The average molecular weight is 279 g/mol. The number of alkyl carbamates (subject to hydrolysis) is 1. The molecule has 0 saturated carbocycles. The normalized spacial score (nSPS) is 18.1. The molecule has 1 aliphatic heterocycles. The van der Waals surface area contributed by atoms with Crippen molar-refractivity contribution in [2.45, 2.75) is 32.4 Å². The van der Waals surface area contributed by atoms with Gasteiger partial charge in [0.05, 0.1) is 0 Å². The number of rotatable bonds is 1. The lowest BCUT2D eigenvalue weighted by Gasteiger charge is -2.22. The highest BCUT2D eigenvalue weighted by atomic mass is 16.6. The van der Waals surface area contributed by atoms with Crippen molar-refractivity contribution in [2.75, 3.05) is 11.9 Å². The summed E-state index contributed by atoms with van der Waals surface area (Å²) in [5.74, 6) is 0.411. The van der Waals surface area contributed by atoms with Crippen LogP contribution >= 0.6 is 0 Å². The number of aromatic nitrogens is 1. The first kappa shape index (κ1) is 14.1. The molecule has 0 spiro atoms. The molecular weight excluding hydrogens is 262 g/mol. The Labute approximate surface area is 116 Å². The molecule has 20 heavy (non-hydrogen) atoms. The Morgan fingerprint density at radius 3 is 3.00 bits per heavy atom. The maximum absolute atomic E-state index is 12.0. The SMILES string of the molecule is CC(C)(C)OC(=O)NC1COc2cccnc2NC1=O. The minimum Gasteiger partial charge on any atom is -0.487 e. The summed E-state index contributed by atoms with van der Waals surface area (Å²) in [6.07, 6.45) is 0.879. The zero-order valence-corrected chi connectivity index (χ0v) is 11.6. The van der Waals surface area contributed by atoms with Crippen LogP contribution in [0.1, 0.15) is 20.8 Å². The molecule has 2 rings (SSSR count). The van der Waals surface area contributed by atoms with Crippen LogP contribution in [0, 0.1) is 0 Å². The molecule has 1 unspecified atom stereocenters. The van der Waals surface area contributed by atoms with Gasteiger partial charge in [0.1, 0.15) is 18.2 Å². The lowest BCUT2D eigenvalue weighted by atomic mass is 10.2. The molecular formula is C13H17N3O4. The highest BCUT2D eigenvalue weighted by Gasteiger charge is 2.28. The van der Waals surface area contributed by atoms with E-state index in [9.17, 15) is 9.59 Å². The molecule has 1 atom stereocenters. The molecule has 2 heterocycles. The summed E-state index contributed by atoms with van der Waals surface area (Å²) in [5, 5.41) is 5.07. The molecule has 1 aliphatic rings. The van der Waals surface area contributed by atoms with Gasteiger partial charge in [-0.05, 0) is 32.9 Å². The van der Waals surface area contributed by atoms with Gasteiger partial charge < -0.3 is 20.1 Å². The van der Waals surface area contributed by atoms with E-state index in [-0.39, 0.29) is 6.61 Å². The summed E-state index contributed by atoms with van der Waals surface area (Å²) >= 11 is 0. The van der Waals surface area contributed by atoms with Gasteiger partial charge in [-0.25, -0.2) is 9.78 Å². The van der Waals surface area contributed by atoms with Gasteiger partial charge in [-0.1, -0.05) is 0 Å². The van der Waals surface area contributed by atoms with Crippen molar-refractivity contribution in [1.29, 1.82) is 0 Å². The average Bonchev–Trinajstić information content (AvgIpc) is 2.47. The fourth-order valence-corrected chi connectivity index (χ4v) is 1.61. The lowest BCUT2D eigenvalue weighted by molar-refractivity contribution is -0.118. The number of carbonyl (C=O) groups excluding carboxylic acids is 2. The van der Waals surface area contributed by atoms with E-state index >= 15 is 0 Å². The zero-order chi connectivity index (χ0) is 14.8. The molecule has 0 fully saturated rings. The number of nitrogens with zero attached hydrogens (tertiary/aromatic N) is 1. The largest absolute Gasteiger partial charge is 0.487 e. The number of ether oxygens (including phenoxy) is 2. The Morgan fingerprint density at radius 2 is 2.30 bits per heavy atom. The number of nitrogens with one attached hydrogen (secondary N) is 2. The van der Waals surface area contributed by atoms with Gasteiger partial charge in [0.15, 0.2) is 11.6 Å². The van der Waals surface area contributed by atoms with Crippen LogP contribution in [0.3, 0.4) is 0 Å². The second-order valence-corrected chi connectivity index (χ2v) is 5.35. The van der Waals surface area contributed by atoms with Crippen molar-refractivity contribution < 1.29 is 19.1 Å². The van der Waals surface area contributed by atoms with Crippen molar-refractivity contribution in [2.24, 2.45) is 0 Å². The first-order valence-electron chi connectivity index (χ1n) is 6.23. The lowest BCUT2D eigenvalue weighted by Crippen LogP contribution is -2.48. The summed E-state index contributed by atoms with van der Waals surface area (Å²) in [4.78, 5) is 27.7. The van der Waals surface area contributed by atoms with E-state index in [1.807, 2.05) is 0 Å². The van der Waals surface area contributed by atoms with E-state index in [0.717, 1.165) is 0 Å². The Morgan fingerprint density at radius 1 is 1.55 bits per heavy atom. The van der Waals surface area contributed by atoms with Crippen LogP contribution in [0.4, 0.5) is 10.6 Å². The summed E-state index contributed by atoms with van der Waals surface area (Å²) in [6.45, 7) is 5.26. The second kappa shape index (κ2) is 5.36. The van der Waals surface area contributed by atoms with E-state index < -0.39 is 23.6 Å². The number of amides is 2. The third kappa shape index (κ3) is 3.59. The smallest absolute Gasteiger partial charge is 0.408 e. The van der Waals surface area contributed by atoms with Crippen molar-refractivity contribution in [1.82, 2.24) is 10.3 Å². The highest BCUT2D eigenvalue weighted by Crippen LogP contribution is 2.23. The molecule has 0 radical (unpaired) electrons. The van der Waals surface area contributed by atoms with Crippen LogP contribution in [0.15, 0.2) is 18.3 Å². The van der Waals surface area contributed by atoms with Gasteiger partial charge in [0.25, 0.3) is 5.91 Å². The topological polar surface area (TPSA) is 89.6 Å². The summed E-state index contributed by atoms with van der Waals surface area (Å²) in [7, 11) is 0. The van der Waals surface area contributed by atoms with Gasteiger partial charge >= 0.3 is 6.09 Å². The second-order valence-electron chi connectivity index (χ2n) is 5.35. The molecule has 0 aliphatic carbocycles. The molecule has 0 bridgehead atoms. The molecule has 1 aromatic rings. The fourth-order valence-electron chi connectivity index (χ4n) is 1.61. The Balaban J connectivity index is 2.02. The van der Waals surface area contributed by atoms with Crippen LogP contribution in [0.2, 0.25) is 0 Å². The minimum atomic E-state index is -0.834. The number of anilines is 1. The molecule has 108 valence electrons. The molecule has 0 aromatic carbocycles. The summed E-state index contributed by atoms with van der Waals surface area (Å²) in [6, 6.07) is 2.56. The first-order chi connectivity index (χ1) is 9.35. The van der Waals surface area contributed by atoms with Crippen LogP contribution in [0.25, 0.3) is 0 Å². The quantitative estimate of drug-likeness (QED) is 0.809. The molecule has 1 aromatic heterocycles. The third-order valence-electron chi connectivity index (χ3n) is 2.43. The molecule has 7 nitrogen and oxygen atoms in total. The molecule has 7 heteroatoms. The molecule has 2 amide bonds. The maximum atomic E-state index is 12.0. The van der Waals surface area contributed by atoms with E-state index in [1.54, 1.807) is 39.1 Å². The van der Waals surface area contributed by atoms with Gasteiger partial charge in [-0.15, -0.1) is 0 Å². The predicted molar refractivity (Wildman–Crippen MR) is 71.5 cm³/mol. The molecule has 2 N–H and O–H groups in total. The van der Waals surface area contributed by atoms with Crippen LogP contribution in [-0.4, -0.2) is 35.2 Å². The third-order valence-corrected chi connectivity index (χ3v) is 2.43. The Kier molecular flexibility index (Phi) is 3.78. The monoisotopic (exact) mass is 279 g/mol. The van der Waals surface area contributed by atoms with E-state index in [4.69, 9.17) is 9.47 Å². The molecule has 0 saturated heterocycles. The van der Waals surface area contributed by atoms with Crippen molar-refractivity contribution in [3.05, 3.63) is 18.3 Å². The van der Waals surface area contributed by atoms with Crippen LogP contribution in [-0.2, 0) is 9.53 Å². The number of fused-ring (bicyclic) bond motifs is 1. The fraction of sp³-hybridized carbons (Fsp3) is 0.462. The van der Waals surface area contributed by atoms with Gasteiger partial charge in [-0.2, -0.15) is 0 Å². The number of carbonyl (C=O) groups is 2. The van der Waals surface area contributed by atoms with Gasteiger partial charge in [0.2, 0.25) is 0 Å². The van der Waals surface area contributed by atoms with E-state index in [0.29, 0.717) is 11.6 Å². The zero-order valence-electron chi connectivity index (χ0n) is 11.6. The minimum absolute atomic E-state index is 0.0176. The predicted octanol–water partition coefficient (Wildman–Crippen LogP) is 1.31. The highest BCUT2D eigenvalue weighted by molar-refractivity contribution is 5.97. The standard InChI is InChI=1S/C13H17N3O4/c1-13(2,3)20-12(18)15-8-7-19-9-5-4-6-14-10(9)16-11(8)17/h4-6,8H,7H2,1-3H3,(H,15,18)(H,14,16,17). The number of hydrogen-bond donors (Lipinski definition) is 2. The van der Waals surface area contributed by atoms with Crippen LogP contribution in [0.5, 0.6) is 5.75 Å². The van der Waals surface area contributed by atoms with Gasteiger partial charge in [0, 0.05) is 6.20 Å². The Bertz CT molecular complexity index is 525. The number of hydrogen-bond acceptors (Lipinski definition) is 5. The van der Waals surface area contributed by atoms with E-state index in [2.05, 4.69) is 15.6 Å².